The van der Waals surface area contributed by atoms with Crippen molar-refractivity contribution < 1.29 is 5.11 Å². The molecule has 0 aliphatic rings. The number of hydrogen-bond acceptors (Lipinski definition) is 1. The third-order valence-electron chi connectivity index (χ3n) is 2.55. The standard InChI is InChI=1S/C11H15ClO/c1-4-7(2)9-5-6-10(13)11(12)8(9)3/h5-7,13H,4H2,1-3H3. The Morgan fingerprint density at radius 3 is 2.62 bits per heavy atom. The fourth-order valence-electron chi connectivity index (χ4n) is 1.44. The predicted molar refractivity (Wildman–Crippen MR) is 56.6 cm³/mol. The van der Waals surface area contributed by atoms with Crippen LogP contribution in [0, 0.1) is 6.92 Å². The molecule has 1 aromatic carbocycles. The van der Waals surface area contributed by atoms with Gasteiger partial charge in [-0.05, 0) is 36.5 Å². The Hall–Kier alpha value is -0.690. The maximum absolute atomic E-state index is 9.35. The minimum Gasteiger partial charge on any atom is -0.506 e. The first-order valence-corrected chi connectivity index (χ1v) is 4.93. The van der Waals surface area contributed by atoms with Crippen LogP contribution in [0.25, 0.3) is 0 Å². The van der Waals surface area contributed by atoms with Crippen LogP contribution in [0.15, 0.2) is 12.1 Å². The molecule has 0 spiro atoms. The number of rotatable bonds is 2. The summed E-state index contributed by atoms with van der Waals surface area (Å²) in [7, 11) is 0. The molecule has 2 heteroatoms. The molecule has 0 aromatic heterocycles. The molecule has 1 rings (SSSR count). The first kappa shape index (κ1) is 10.4. The maximum Gasteiger partial charge on any atom is 0.134 e. The third-order valence-corrected chi connectivity index (χ3v) is 3.03. The van der Waals surface area contributed by atoms with E-state index in [0.717, 1.165) is 12.0 Å². The average Bonchev–Trinajstić information content (AvgIpc) is 2.13. The number of aromatic hydroxyl groups is 1. The highest BCUT2D eigenvalue weighted by Crippen LogP contribution is 2.33. The normalized spacial score (nSPS) is 12.9. The molecule has 13 heavy (non-hydrogen) atoms. The van der Waals surface area contributed by atoms with Crippen molar-refractivity contribution in [1.82, 2.24) is 0 Å². The first-order chi connectivity index (χ1) is 6.07. The van der Waals surface area contributed by atoms with E-state index in [1.54, 1.807) is 6.07 Å². The summed E-state index contributed by atoms with van der Waals surface area (Å²) in [5, 5.41) is 9.83. The lowest BCUT2D eigenvalue weighted by Gasteiger charge is -2.14. The highest BCUT2D eigenvalue weighted by atomic mass is 35.5. The molecule has 1 aromatic rings. The molecular weight excluding hydrogens is 184 g/mol. The predicted octanol–water partition coefficient (Wildman–Crippen LogP) is 3.87. The molecule has 1 atom stereocenters. The van der Waals surface area contributed by atoms with Crippen LogP contribution in [-0.2, 0) is 0 Å². The van der Waals surface area contributed by atoms with Crippen molar-refractivity contribution in [2.45, 2.75) is 33.1 Å². The molecular formula is C11H15ClO. The Morgan fingerprint density at radius 1 is 1.46 bits per heavy atom. The van der Waals surface area contributed by atoms with Crippen molar-refractivity contribution >= 4 is 11.6 Å². The van der Waals surface area contributed by atoms with Crippen molar-refractivity contribution in [3.63, 3.8) is 0 Å². The zero-order valence-corrected chi connectivity index (χ0v) is 9.02. The molecule has 1 unspecified atom stereocenters. The monoisotopic (exact) mass is 198 g/mol. The second kappa shape index (κ2) is 4.01. The van der Waals surface area contributed by atoms with Crippen molar-refractivity contribution in [3.05, 3.63) is 28.3 Å². The molecule has 0 aliphatic carbocycles. The van der Waals surface area contributed by atoms with Gasteiger partial charge in [0.25, 0.3) is 0 Å². The molecule has 1 N–H and O–H groups in total. The molecule has 0 fully saturated rings. The number of phenols is 1. The van der Waals surface area contributed by atoms with Crippen LogP contribution < -0.4 is 0 Å². The Bertz CT molecular complexity index is 307. The Balaban J connectivity index is 3.18. The van der Waals surface area contributed by atoms with Crippen LogP contribution in [0.5, 0.6) is 5.75 Å². The number of hydrogen-bond donors (Lipinski definition) is 1. The zero-order chi connectivity index (χ0) is 10.0. The van der Waals surface area contributed by atoms with E-state index in [-0.39, 0.29) is 5.75 Å². The van der Waals surface area contributed by atoms with Crippen molar-refractivity contribution in [1.29, 1.82) is 0 Å². The molecule has 0 saturated heterocycles. The summed E-state index contributed by atoms with van der Waals surface area (Å²) in [5.41, 5.74) is 2.22. The highest BCUT2D eigenvalue weighted by molar-refractivity contribution is 6.32. The Labute approximate surface area is 84.4 Å². The van der Waals surface area contributed by atoms with Gasteiger partial charge in [0.15, 0.2) is 0 Å². The SMILES string of the molecule is CCC(C)c1ccc(O)c(Cl)c1C. The highest BCUT2D eigenvalue weighted by Gasteiger charge is 2.11. The summed E-state index contributed by atoms with van der Waals surface area (Å²) in [4.78, 5) is 0. The van der Waals surface area contributed by atoms with Crippen LogP contribution in [-0.4, -0.2) is 5.11 Å². The van der Waals surface area contributed by atoms with Gasteiger partial charge >= 0.3 is 0 Å². The fraction of sp³-hybridized carbons (Fsp3) is 0.455. The Kier molecular flexibility index (Phi) is 3.21. The molecule has 0 heterocycles. The van der Waals surface area contributed by atoms with Crippen molar-refractivity contribution in [2.24, 2.45) is 0 Å². The van der Waals surface area contributed by atoms with Gasteiger partial charge in [-0.25, -0.2) is 0 Å². The number of halogens is 1. The number of phenolic OH excluding ortho intramolecular Hbond substituents is 1. The van der Waals surface area contributed by atoms with Crippen LogP contribution >= 0.6 is 11.6 Å². The van der Waals surface area contributed by atoms with E-state index < -0.39 is 0 Å². The van der Waals surface area contributed by atoms with Crippen molar-refractivity contribution in [2.75, 3.05) is 0 Å². The van der Waals surface area contributed by atoms with E-state index in [4.69, 9.17) is 11.6 Å². The second-order valence-corrected chi connectivity index (χ2v) is 3.80. The van der Waals surface area contributed by atoms with Gasteiger partial charge in [-0.1, -0.05) is 31.5 Å². The van der Waals surface area contributed by atoms with E-state index in [2.05, 4.69) is 13.8 Å². The van der Waals surface area contributed by atoms with Gasteiger partial charge < -0.3 is 5.11 Å². The Morgan fingerprint density at radius 2 is 2.08 bits per heavy atom. The van der Waals surface area contributed by atoms with Gasteiger partial charge in [0.2, 0.25) is 0 Å². The minimum atomic E-state index is 0.172. The summed E-state index contributed by atoms with van der Waals surface area (Å²) in [5.74, 6) is 0.671. The summed E-state index contributed by atoms with van der Waals surface area (Å²) < 4.78 is 0. The van der Waals surface area contributed by atoms with Crippen molar-refractivity contribution in [3.8, 4) is 5.75 Å². The van der Waals surface area contributed by atoms with Crippen LogP contribution in [0.1, 0.15) is 37.3 Å². The van der Waals surface area contributed by atoms with Gasteiger partial charge in [0, 0.05) is 0 Å². The van der Waals surface area contributed by atoms with Gasteiger partial charge in [0.05, 0.1) is 5.02 Å². The molecule has 0 bridgehead atoms. The lowest BCUT2D eigenvalue weighted by molar-refractivity contribution is 0.474. The second-order valence-electron chi connectivity index (χ2n) is 3.42. The quantitative estimate of drug-likeness (QED) is 0.765. The van der Waals surface area contributed by atoms with Gasteiger partial charge in [-0.15, -0.1) is 0 Å². The van der Waals surface area contributed by atoms with E-state index in [0.29, 0.717) is 10.9 Å². The third kappa shape index (κ3) is 1.97. The van der Waals surface area contributed by atoms with Gasteiger partial charge in [-0.3, -0.25) is 0 Å². The van der Waals surface area contributed by atoms with E-state index in [1.807, 2.05) is 13.0 Å². The van der Waals surface area contributed by atoms with Crippen LogP contribution in [0.3, 0.4) is 0 Å². The first-order valence-electron chi connectivity index (χ1n) is 4.55. The van der Waals surface area contributed by atoms with E-state index in [9.17, 15) is 5.11 Å². The molecule has 0 saturated carbocycles. The number of benzene rings is 1. The summed E-state index contributed by atoms with van der Waals surface area (Å²) >= 11 is 5.93. The summed E-state index contributed by atoms with van der Waals surface area (Å²) in [6.45, 7) is 6.25. The molecule has 0 radical (unpaired) electrons. The lowest BCUT2D eigenvalue weighted by Crippen LogP contribution is -1.95. The molecule has 72 valence electrons. The molecule has 0 amide bonds. The zero-order valence-electron chi connectivity index (χ0n) is 8.26. The van der Waals surface area contributed by atoms with Crippen LogP contribution in [0.4, 0.5) is 0 Å². The molecule has 0 aliphatic heterocycles. The smallest absolute Gasteiger partial charge is 0.134 e. The van der Waals surface area contributed by atoms with E-state index >= 15 is 0 Å². The van der Waals surface area contributed by atoms with Gasteiger partial charge in [0.1, 0.15) is 5.75 Å². The van der Waals surface area contributed by atoms with Crippen LogP contribution in [0.2, 0.25) is 5.02 Å². The molecule has 1 nitrogen and oxygen atoms in total. The topological polar surface area (TPSA) is 20.2 Å². The maximum atomic E-state index is 9.35. The van der Waals surface area contributed by atoms with Gasteiger partial charge in [-0.2, -0.15) is 0 Å². The fourth-order valence-corrected chi connectivity index (χ4v) is 1.61. The largest absolute Gasteiger partial charge is 0.506 e. The lowest BCUT2D eigenvalue weighted by atomic mass is 9.94. The minimum absolute atomic E-state index is 0.172. The average molecular weight is 199 g/mol. The van der Waals surface area contributed by atoms with E-state index in [1.165, 1.54) is 5.56 Å². The summed E-state index contributed by atoms with van der Waals surface area (Å²) in [6, 6.07) is 3.61. The summed E-state index contributed by atoms with van der Waals surface area (Å²) in [6.07, 6.45) is 1.09.